The second-order valence-electron chi connectivity index (χ2n) is 3.93. The van der Waals surface area contributed by atoms with Crippen LogP contribution in [0, 0.1) is 0 Å². The Labute approximate surface area is 122 Å². The number of thiophene rings is 1. The van der Waals surface area contributed by atoms with Crippen molar-refractivity contribution < 1.29 is 5.11 Å². The molecule has 0 bridgehead atoms. The molecule has 1 aromatic heterocycles. The molecule has 0 aliphatic heterocycles. The number of halogens is 1. The van der Waals surface area contributed by atoms with Gasteiger partial charge in [-0.2, -0.15) is 0 Å². The molecule has 0 spiro atoms. The van der Waals surface area contributed by atoms with Crippen molar-refractivity contribution >= 4 is 48.0 Å². The van der Waals surface area contributed by atoms with Crippen LogP contribution in [0.1, 0.15) is 0 Å². The zero-order valence-electron chi connectivity index (χ0n) is 9.75. The highest BCUT2D eigenvalue weighted by molar-refractivity contribution is 9.10. The summed E-state index contributed by atoms with van der Waals surface area (Å²) in [4.78, 5) is 0. The molecule has 0 saturated heterocycles. The first-order valence-corrected chi connectivity index (χ1v) is 7.23. The summed E-state index contributed by atoms with van der Waals surface area (Å²) in [6, 6.07) is 15.2. The van der Waals surface area contributed by atoms with Gasteiger partial charge in [-0.25, -0.2) is 0 Å². The van der Waals surface area contributed by atoms with Crippen molar-refractivity contribution in [2.24, 2.45) is 10.2 Å². The molecule has 0 aliphatic carbocycles. The third-order valence-corrected chi connectivity index (χ3v) is 4.15. The molecule has 0 aliphatic rings. The SMILES string of the molecule is Oc1c(N=Nc2cccc(Br)c2)sc2ccccc12. The van der Waals surface area contributed by atoms with Gasteiger partial charge in [-0.15, -0.1) is 21.6 Å². The van der Waals surface area contributed by atoms with Crippen LogP contribution < -0.4 is 0 Å². The molecule has 3 aromatic rings. The lowest BCUT2D eigenvalue weighted by atomic mass is 10.2. The lowest BCUT2D eigenvalue weighted by molar-refractivity contribution is 0.484. The lowest BCUT2D eigenvalue weighted by Gasteiger charge is -1.93. The average molecular weight is 333 g/mol. The summed E-state index contributed by atoms with van der Waals surface area (Å²) in [5.41, 5.74) is 0.742. The number of nitrogens with zero attached hydrogens (tertiary/aromatic N) is 2. The molecule has 19 heavy (non-hydrogen) atoms. The molecule has 0 fully saturated rings. The number of hydrogen-bond acceptors (Lipinski definition) is 4. The van der Waals surface area contributed by atoms with E-state index in [0.717, 1.165) is 20.2 Å². The Hall–Kier alpha value is -1.72. The Morgan fingerprint density at radius 2 is 1.84 bits per heavy atom. The number of rotatable bonds is 2. The molecule has 0 amide bonds. The Balaban J connectivity index is 1.99. The molecular weight excluding hydrogens is 324 g/mol. The monoisotopic (exact) mass is 332 g/mol. The summed E-state index contributed by atoms with van der Waals surface area (Å²) in [7, 11) is 0. The first-order chi connectivity index (χ1) is 9.24. The van der Waals surface area contributed by atoms with Crippen molar-refractivity contribution in [3.8, 4) is 5.75 Å². The zero-order valence-corrected chi connectivity index (χ0v) is 12.1. The maximum absolute atomic E-state index is 10.1. The molecule has 2 aromatic carbocycles. The number of benzene rings is 2. The fourth-order valence-corrected chi connectivity index (χ4v) is 3.03. The second kappa shape index (κ2) is 5.11. The Morgan fingerprint density at radius 3 is 2.63 bits per heavy atom. The predicted molar refractivity (Wildman–Crippen MR) is 81.8 cm³/mol. The molecule has 0 radical (unpaired) electrons. The third-order valence-electron chi connectivity index (χ3n) is 2.62. The van der Waals surface area contributed by atoms with E-state index >= 15 is 0 Å². The second-order valence-corrected chi connectivity index (χ2v) is 5.88. The van der Waals surface area contributed by atoms with E-state index < -0.39 is 0 Å². The van der Waals surface area contributed by atoms with Crippen LogP contribution in [-0.2, 0) is 0 Å². The van der Waals surface area contributed by atoms with Gasteiger partial charge in [-0.05, 0) is 30.3 Å². The van der Waals surface area contributed by atoms with Crippen molar-refractivity contribution in [2.45, 2.75) is 0 Å². The van der Waals surface area contributed by atoms with E-state index in [-0.39, 0.29) is 5.75 Å². The van der Waals surface area contributed by atoms with Gasteiger partial charge in [-0.3, -0.25) is 0 Å². The summed E-state index contributed by atoms with van der Waals surface area (Å²) in [5, 5.41) is 19.7. The van der Waals surface area contributed by atoms with Gasteiger partial charge in [0.1, 0.15) is 0 Å². The van der Waals surface area contributed by atoms with Crippen molar-refractivity contribution in [3.05, 3.63) is 53.0 Å². The third kappa shape index (κ3) is 2.52. The van der Waals surface area contributed by atoms with Crippen molar-refractivity contribution in [3.63, 3.8) is 0 Å². The highest BCUT2D eigenvalue weighted by Crippen LogP contribution is 2.43. The van der Waals surface area contributed by atoms with Gasteiger partial charge >= 0.3 is 0 Å². The summed E-state index contributed by atoms with van der Waals surface area (Å²) >= 11 is 4.81. The number of azo groups is 1. The van der Waals surface area contributed by atoms with Crippen LogP contribution in [0.4, 0.5) is 10.7 Å². The van der Waals surface area contributed by atoms with Crippen LogP contribution in [0.3, 0.4) is 0 Å². The van der Waals surface area contributed by atoms with E-state index in [1.54, 1.807) is 0 Å². The van der Waals surface area contributed by atoms with Crippen LogP contribution in [0.25, 0.3) is 10.1 Å². The molecular formula is C14H9BrN2OS. The van der Waals surface area contributed by atoms with Crippen molar-refractivity contribution in [1.29, 1.82) is 0 Å². The lowest BCUT2D eigenvalue weighted by Crippen LogP contribution is -1.64. The average Bonchev–Trinajstić information content (AvgIpc) is 2.74. The fraction of sp³-hybridized carbons (Fsp3) is 0. The van der Waals surface area contributed by atoms with Crippen LogP contribution in [0.15, 0.2) is 63.2 Å². The number of fused-ring (bicyclic) bond motifs is 1. The fourth-order valence-electron chi connectivity index (χ4n) is 1.73. The summed E-state index contributed by atoms with van der Waals surface area (Å²) in [5.74, 6) is 0.194. The largest absolute Gasteiger partial charge is 0.504 e. The minimum Gasteiger partial charge on any atom is -0.504 e. The van der Waals surface area contributed by atoms with Gasteiger partial charge in [0.05, 0.1) is 5.69 Å². The van der Waals surface area contributed by atoms with Crippen LogP contribution in [0.5, 0.6) is 5.75 Å². The molecule has 1 N–H and O–H groups in total. The Bertz CT molecular complexity index is 767. The van der Waals surface area contributed by atoms with Gasteiger partial charge in [0.25, 0.3) is 0 Å². The van der Waals surface area contributed by atoms with E-state index in [4.69, 9.17) is 0 Å². The van der Waals surface area contributed by atoms with Gasteiger partial charge < -0.3 is 5.11 Å². The van der Waals surface area contributed by atoms with E-state index in [9.17, 15) is 5.11 Å². The molecule has 3 rings (SSSR count). The molecule has 5 heteroatoms. The van der Waals surface area contributed by atoms with Crippen molar-refractivity contribution in [2.75, 3.05) is 0 Å². The maximum atomic E-state index is 10.1. The Morgan fingerprint density at radius 1 is 1.00 bits per heavy atom. The first kappa shape index (κ1) is 12.3. The van der Waals surface area contributed by atoms with Crippen LogP contribution >= 0.6 is 27.3 Å². The Kier molecular flexibility index (Phi) is 3.31. The highest BCUT2D eigenvalue weighted by atomic mass is 79.9. The molecule has 0 unspecified atom stereocenters. The van der Waals surface area contributed by atoms with E-state index in [1.165, 1.54) is 11.3 Å². The number of aromatic hydroxyl groups is 1. The minimum absolute atomic E-state index is 0.194. The predicted octanol–water partition coefficient (Wildman–Crippen LogP) is 5.78. The van der Waals surface area contributed by atoms with E-state index in [2.05, 4.69) is 26.2 Å². The van der Waals surface area contributed by atoms with Crippen LogP contribution in [0.2, 0.25) is 0 Å². The normalized spacial score (nSPS) is 11.4. The first-order valence-electron chi connectivity index (χ1n) is 5.62. The van der Waals surface area contributed by atoms with Crippen LogP contribution in [-0.4, -0.2) is 5.11 Å². The molecule has 1 heterocycles. The van der Waals surface area contributed by atoms with Gasteiger partial charge in [-0.1, -0.05) is 34.1 Å². The standard InChI is InChI=1S/C14H9BrN2OS/c15-9-4-3-5-10(8-9)16-17-14-13(18)11-6-1-2-7-12(11)19-14/h1-8,18H. The molecule has 0 atom stereocenters. The van der Waals surface area contributed by atoms with Gasteiger partial charge in [0, 0.05) is 14.6 Å². The number of hydrogen-bond donors (Lipinski definition) is 1. The smallest absolute Gasteiger partial charge is 0.181 e. The van der Waals surface area contributed by atoms with Gasteiger partial charge in [0.2, 0.25) is 0 Å². The molecule has 94 valence electrons. The maximum Gasteiger partial charge on any atom is 0.181 e. The van der Waals surface area contributed by atoms with E-state index in [0.29, 0.717) is 5.00 Å². The molecule has 0 saturated carbocycles. The summed E-state index contributed by atoms with van der Waals surface area (Å²) in [6.07, 6.45) is 0. The van der Waals surface area contributed by atoms with Gasteiger partial charge in [0.15, 0.2) is 10.8 Å². The van der Waals surface area contributed by atoms with Crippen molar-refractivity contribution in [1.82, 2.24) is 0 Å². The summed E-state index contributed by atoms with van der Waals surface area (Å²) in [6.45, 7) is 0. The topological polar surface area (TPSA) is 45.0 Å². The zero-order chi connectivity index (χ0) is 13.2. The quantitative estimate of drug-likeness (QED) is 0.593. The minimum atomic E-state index is 0.194. The summed E-state index contributed by atoms with van der Waals surface area (Å²) < 4.78 is 1.95. The highest BCUT2D eigenvalue weighted by Gasteiger charge is 2.09. The van der Waals surface area contributed by atoms with E-state index in [1.807, 2.05) is 48.5 Å². The molecule has 3 nitrogen and oxygen atoms in total.